The number of halogens is 1. The van der Waals surface area contributed by atoms with Crippen LogP contribution in [-0.2, 0) is 6.54 Å². The van der Waals surface area contributed by atoms with E-state index in [1.54, 1.807) is 10.1 Å². The minimum absolute atomic E-state index is 0.268. The lowest BCUT2D eigenvalue weighted by Gasteiger charge is -2.08. The van der Waals surface area contributed by atoms with Crippen molar-refractivity contribution in [2.45, 2.75) is 6.54 Å². The Labute approximate surface area is 168 Å². The van der Waals surface area contributed by atoms with Gasteiger partial charge in [-0.3, -0.25) is 0 Å². The van der Waals surface area contributed by atoms with Gasteiger partial charge in [0.05, 0.1) is 17.7 Å². The Morgan fingerprint density at radius 1 is 1.11 bits per heavy atom. The van der Waals surface area contributed by atoms with E-state index in [2.05, 4.69) is 20.9 Å². The smallest absolute Gasteiger partial charge is 0.353 e. The molecule has 1 N–H and O–H groups in total. The number of carbonyl (C=O) groups is 1. The molecule has 2 aromatic carbocycles. The molecule has 4 nitrogen and oxygen atoms in total. The van der Waals surface area contributed by atoms with Gasteiger partial charge in [-0.1, -0.05) is 58.4 Å². The molecule has 0 saturated carbocycles. The first-order valence-corrected chi connectivity index (χ1v) is 10.0. The molecule has 0 bridgehead atoms. The van der Waals surface area contributed by atoms with Gasteiger partial charge >= 0.3 is 5.97 Å². The van der Waals surface area contributed by atoms with Crippen LogP contribution in [0.4, 0.5) is 0 Å². The Hall–Kier alpha value is -2.70. The molecule has 2 heterocycles. The largest absolute Gasteiger partial charge is 0.477 e. The monoisotopic (exact) mass is 438 g/mol. The number of carboxylic acid groups (broad SMARTS) is 1. The molecule has 0 aliphatic heterocycles. The van der Waals surface area contributed by atoms with E-state index in [9.17, 15) is 9.90 Å². The van der Waals surface area contributed by atoms with Crippen LogP contribution < -0.4 is 0 Å². The van der Waals surface area contributed by atoms with Crippen molar-refractivity contribution in [3.8, 4) is 22.3 Å². The van der Waals surface area contributed by atoms with Gasteiger partial charge < -0.3 is 9.67 Å². The van der Waals surface area contributed by atoms with Crippen molar-refractivity contribution >= 4 is 33.2 Å². The van der Waals surface area contributed by atoms with Crippen molar-refractivity contribution in [2.75, 3.05) is 0 Å². The quantitative estimate of drug-likeness (QED) is 0.429. The second-order valence-electron chi connectivity index (χ2n) is 6.06. The first-order chi connectivity index (χ1) is 13.1. The molecule has 0 radical (unpaired) electrons. The standard InChI is InChI=1S/C21H15BrN2O2S/c22-16-8-4-7-15(9-16)18-11-24(10-17-12-27-13-23-17)20(21(25)26)19(18)14-5-2-1-3-6-14/h1-9,11-13H,10H2,(H,25,26). The second-order valence-corrected chi connectivity index (χ2v) is 7.69. The molecule has 27 heavy (non-hydrogen) atoms. The number of nitrogens with zero attached hydrogens (tertiary/aromatic N) is 2. The third kappa shape index (κ3) is 3.59. The zero-order valence-corrected chi connectivity index (χ0v) is 16.6. The Kier molecular flexibility index (Phi) is 4.92. The molecule has 4 aromatic rings. The van der Waals surface area contributed by atoms with Crippen LogP contribution in [-0.4, -0.2) is 20.6 Å². The Balaban J connectivity index is 1.98. The van der Waals surface area contributed by atoms with Crippen molar-refractivity contribution in [1.29, 1.82) is 0 Å². The highest BCUT2D eigenvalue weighted by atomic mass is 79.9. The number of benzene rings is 2. The van der Waals surface area contributed by atoms with E-state index >= 15 is 0 Å². The van der Waals surface area contributed by atoms with Gasteiger partial charge in [0, 0.05) is 27.2 Å². The molecule has 0 saturated heterocycles. The van der Waals surface area contributed by atoms with Gasteiger partial charge in [-0.2, -0.15) is 0 Å². The number of rotatable bonds is 5. The van der Waals surface area contributed by atoms with E-state index in [0.29, 0.717) is 6.54 Å². The highest BCUT2D eigenvalue weighted by Gasteiger charge is 2.24. The molecule has 0 fully saturated rings. The van der Waals surface area contributed by atoms with E-state index in [-0.39, 0.29) is 5.69 Å². The minimum atomic E-state index is -0.953. The summed E-state index contributed by atoms with van der Waals surface area (Å²) >= 11 is 5.01. The Morgan fingerprint density at radius 3 is 2.56 bits per heavy atom. The summed E-state index contributed by atoms with van der Waals surface area (Å²) in [5.41, 5.74) is 6.31. The summed E-state index contributed by atoms with van der Waals surface area (Å²) in [6.07, 6.45) is 1.91. The number of hydrogen-bond acceptors (Lipinski definition) is 3. The summed E-state index contributed by atoms with van der Waals surface area (Å²) < 4.78 is 2.72. The predicted molar refractivity (Wildman–Crippen MR) is 111 cm³/mol. The van der Waals surface area contributed by atoms with Gasteiger partial charge in [0.15, 0.2) is 0 Å². The summed E-state index contributed by atoms with van der Waals surface area (Å²) in [7, 11) is 0. The van der Waals surface area contributed by atoms with Gasteiger partial charge in [-0.15, -0.1) is 11.3 Å². The molecule has 2 aromatic heterocycles. The van der Waals surface area contributed by atoms with E-state index in [0.717, 1.165) is 32.4 Å². The van der Waals surface area contributed by atoms with Crippen LogP contribution in [0.2, 0.25) is 0 Å². The fourth-order valence-electron chi connectivity index (χ4n) is 3.17. The normalized spacial score (nSPS) is 10.9. The maximum Gasteiger partial charge on any atom is 0.353 e. The van der Waals surface area contributed by atoms with Crippen LogP contribution >= 0.6 is 27.3 Å². The molecule has 0 spiro atoms. The number of thiazole rings is 1. The molecule has 0 atom stereocenters. The SMILES string of the molecule is O=C(O)c1c(-c2ccccc2)c(-c2cccc(Br)c2)cn1Cc1cscn1. The summed E-state index contributed by atoms with van der Waals surface area (Å²) in [6, 6.07) is 17.5. The number of aromatic carboxylic acids is 1. The maximum absolute atomic E-state index is 12.2. The highest BCUT2D eigenvalue weighted by molar-refractivity contribution is 9.10. The predicted octanol–water partition coefficient (Wildman–Crippen LogP) is 5.79. The zero-order valence-electron chi connectivity index (χ0n) is 14.2. The van der Waals surface area contributed by atoms with Crippen LogP contribution in [0.25, 0.3) is 22.3 Å². The Morgan fingerprint density at radius 2 is 1.89 bits per heavy atom. The summed E-state index contributed by atoms with van der Waals surface area (Å²) in [5.74, 6) is -0.953. The lowest BCUT2D eigenvalue weighted by molar-refractivity contribution is 0.0686. The zero-order chi connectivity index (χ0) is 18.8. The molecular formula is C21H15BrN2O2S. The first kappa shape index (κ1) is 17.7. The average Bonchev–Trinajstić information content (AvgIpc) is 3.30. The van der Waals surface area contributed by atoms with E-state index < -0.39 is 5.97 Å². The van der Waals surface area contributed by atoms with E-state index in [1.807, 2.05) is 66.2 Å². The van der Waals surface area contributed by atoms with Crippen molar-refractivity contribution in [1.82, 2.24) is 9.55 Å². The fourth-order valence-corrected chi connectivity index (χ4v) is 4.12. The van der Waals surface area contributed by atoms with E-state index in [4.69, 9.17) is 0 Å². The van der Waals surface area contributed by atoms with Gasteiger partial charge in [-0.05, 0) is 23.3 Å². The van der Waals surface area contributed by atoms with Crippen molar-refractivity contribution in [3.63, 3.8) is 0 Å². The molecule has 4 rings (SSSR count). The summed E-state index contributed by atoms with van der Waals surface area (Å²) in [6.45, 7) is 0.416. The molecular weight excluding hydrogens is 424 g/mol. The highest BCUT2D eigenvalue weighted by Crippen LogP contribution is 2.38. The average molecular weight is 439 g/mol. The Bertz CT molecular complexity index is 1090. The van der Waals surface area contributed by atoms with Crippen LogP contribution in [0.5, 0.6) is 0 Å². The van der Waals surface area contributed by atoms with Crippen LogP contribution in [0.3, 0.4) is 0 Å². The van der Waals surface area contributed by atoms with Gasteiger partial charge in [-0.25, -0.2) is 9.78 Å². The molecule has 6 heteroatoms. The molecule has 0 unspecified atom stereocenters. The van der Waals surface area contributed by atoms with Crippen molar-refractivity contribution in [3.05, 3.63) is 87.5 Å². The molecule has 0 aliphatic carbocycles. The minimum Gasteiger partial charge on any atom is -0.477 e. The van der Waals surface area contributed by atoms with Crippen LogP contribution in [0, 0.1) is 0 Å². The second kappa shape index (κ2) is 7.50. The van der Waals surface area contributed by atoms with Crippen molar-refractivity contribution < 1.29 is 9.90 Å². The summed E-state index contributed by atoms with van der Waals surface area (Å²) in [5, 5.41) is 11.9. The van der Waals surface area contributed by atoms with E-state index in [1.165, 1.54) is 11.3 Å². The molecule has 0 aliphatic rings. The number of hydrogen-bond donors (Lipinski definition) is 1. The lowest BCUT2D eigenvalue weighted by Crippen LogP contribution is -2.10. The van der Waals surface area contributed by atoms with Gasteiger partial charge in [0.25, 0.3) is 0 Å². The number of carboxylic acids is 1. The first-order valence-electron chi connectivity index (χ1n) is 8.28. The van der Waals surface area contributed by atoms with Crippen molar-refractivity contribution in [2.24, 2.45) is 0 Å². The molecule has 0 amide bonds. The maximum atomic E-state index is 12.2. The van der Waals surface area contributed by atoms with Gasteiger partial charge in [0.1, 0.15) is 5.69 Å². The fraction of sp³-hybridized carbons (Fsp3) is 0.0476. The number of aromatic nitrogens is 2. The third-order valence-corrected chi connectivity index (χ3v) is 5.42. The molecule has 134 valence electrons. The van der Waals surface area contributed by atoms with Crippen LogP contribution in [0.15, 0.2) is 76.2 Å². The third-order valence-electron chi connectivity index (χ3n) is 4.29. The lowest BCUT2D eigenvalue weighted by atomic mass is 9.97. The topological polar surface area (TPSA) is 55.1 Å². The van der Waals surface area contributed by atoms with Crippen LogP contribution in [0.1, 0.15) is 16.2 Å². The van der Waals surface area contributed by atoms with Gasteiger partial charge in [0.2, 0.25) is 0 Å². The summed E-state index contributed by atoms with van der Waals surface area (Å²) in [4.78, 5) is 16.5.